The van der Waals surface area contributed by atoms with E-state index in [4.69, 9.17) is 5.73 Å². The summed E-state index contributed by atoms with van der Waals surface area (Å²) in [4.78, 5) is 13.6. The van der Waals surface area contributed by atoms with Crippen LogP contribution < -0.4 is 5.73 Å². The van der Waals surface area contributed by atoms with Crippen molar-refractivity contribution in [2.45, 2.75) is 20.8 Å². The van der Waals surface area contributed by atoms with Gasteiger partial charge in [-0.3, -0.25) is 4.79 Å². The van der Waals surface area contributed by atoms with E-state index in [0.29, 0.717) is 12.2 Å². The van der Waals surface area contributed by atoms with Crippen molar-refractivity contribution in [2.24, 2.45) is 5.41 Å². The average Bonchev–Trinajstić information content (AvgIpc) is 2.18. The molecule has 0 bridgehead atoms. The molecule has 1 amide bonds. The molecule has 4 heteroatoms. The molecule has 1 rings (SSSR count). The minimum atomic E-state index is -0.452. The van der Waals surface area contributed by atoms with Crippen molar-refractivity contribution in [3.63, 3.8) is 0 Å². The van der Waals surface area contributed by atoms with Crippen LogP contribution in [-0.4, -0.2) is 24.4 Å². The van der Waals surface area contributed by atoms with Gasteiger partial charge in [0.05, 0.1) is 5.56 Å². The first kappa shape index (κ1) is 13.5. The highest BCUT2D eigenvalue weighted by atomic mass is 19.1. The number of hydrogen-bond acceptors (Lipinski definition) is 2. The zero-order chi connectivity index (χ0) is 13.2. The van der Waals surface area contributed by atoms with Crippen molar-refractivity contribution in [1.82, 2.24) is 4.90 Å². The van der Waals surface area contributed by atoms with E-state index in [1.54, 1.807) is 11.9 Å². The zero-order valence-corrected chi connectivity index (χ0v) is 10.7. The zero-order valence-electron chi connectivity index (χ0n) is 10.7. The lowest BCUT2D eigenvalue weighted by Gasteiger charge is -2.27. The first-order chi connectivity index (χ1) is 7.70. The molecule has 0 fully saturated rings. The third kappa shape index (κ3) is 3.73. The second-order valence-electron chi connectivity index (χ2n) is 5.45. The Bertz CT molecular complexity index is 424. The number of benzene rings is 1. The van der Waals surface area contributed by atoms with Crippen LogP contribution in [0.5, 0.6) is 0 Å². The van der Waals surface area contributed by atoms with E-state index in [-0.39, 0.29) is 16.9 Å². The molecule has 17 heavy (non-hydrogen) atoms. The summed E-state index contributed by atoms with van der Waals surface area (Å²) in [5.41, 5.74) is 6.19. The SMILES string of the molecule is CN(CC(C)(C)C)C(=O)c1cc(F)ccc1N. The van der Waals surface area contributed by atoms with Gasteiger partial charge in [-0.1, -0.05) is 20.8 Å². The normalized spacial score (nSPS) is 11.4. The summed E-state index contributed by atoms with van der Waals surface area (Å²) >= 11 is 0. The van der Waals surface area contributed by atoms with Gasteiger partial charge in [-0.05, 0) is 23.6 Å². The molecule has 0 aliphatic carbocycles. The number of anilines is 1. The Labute approximate surface area is 101 Å². The summed E-state index contributed by atoms with van der Waals surface area (Å²) in [5.74, 6) is -0.705. The lowest BCUT2D eigenvalue weighted by Crippen LogP contribution is -2.34. The largest absolute Gasteiger partial charge is 0.398 e. The van der Waals surface area contributed by atoms with Gasteiger partial charge >= 0.3 is 0 Å². The minimum Gasteiger partial charge on any atom is -0.398 e. The van der Waals surface area contributed by atoms with E-state index >= 15 is 0 Å². The molecule has 2 N–H and O–H groups in total. The molecule has 0 heterocycles. The van der Waals surface area contributed by atoms with Gasteiger partial charge in [0.1, 0.15) is 5.82 Å². The third-order valence-corrected chi connectivity index (χ3v) is 2.30. The molecule has 0 saturated carbocycles. The number of nitrogen functional groups attached to an aromatic ring is 1. The van der Waals surface area contributed by atoms with E-state index < -0.39 is 5.82 Å². The van der Waals surface area contributed by atoms with Gasteiger partial charge in [0.2, 0.25) is 0 Å². The molecule has 0 atom stereocenters. The van der Waals surface area contributed by atoms with E-state index in [2.05, 4.69) is 0 Å². The number of carbonyl (C=O) groups excluding carboxylic acids is 1. The summed E-state index contributed by atoms with van der Waals surface area (Å²) in [6, 6.07) is 3.83. The van der Waals surface area contributed by atoms with E-state index in [9.17, 15) is 9.18 Å². The predicted molar refractivity (Wildman–Crippen MR) is 67.2 cm³/mol. The van der Waals surface area contributed by atoms with Crippen LogP contribution in [0, 0.1) is 11.2 Å². The second kappa shape index (κ2) is 4.73. The number of amides is 1. The van der Waals surface area contributed by atoms with Crippen molar-refractivity contribution >= 4 is 11.6 Å². The smallest absolute Gasteiger partial charge is 0.255 e. The quantitative estimate of drug-likeness (QED) is 0.805. The van der Waals surface area contributed by atoms with Crippen molar-refractivity contribution in [3.05, 3.63) is 29.6 Å². The van der Waals surface area contributed by atoms with Gasteiger partial charge in [-0.2, -0.15) is 0 Å². The predicted octanol–water partition coefficient (Wildman–Crippen LogP) is 2.53. The molecule has 3 nitrogen and oxygen atoms in total. The van der Waals surface area contributed by atoms with Gasteiger partial charge in [0, 0.05) is 19.3 Å². The van der Waals surface area contributed by atoms with Crippen molar-refractivity contribution in [2.75, 3.05) is 19.3 Å². The topological polar surface area (TPSA) is 46.3 Å². The van der Waals surface area contributed by atoms with Gasteiger partial charge in [0.15, 0.2) is 0 Å². The first-order valence-electron chi connectivity index (χ1n) is 5.51. The summed E-state index contributed by atoms with van der Waals surface area (Å²) in [5, 5.41) is 0. The monoisotopic (exact) mass is 238 g/mol. The molecule has 0 spiro atoms. The third-order valence-electron chi connectivity index (χ3n) is 2.30. The van der Waals surface area contributed by atoms with Gasteiger partial charge in [-0.15, -0.1) is 0 Å². The number of carbonyl (C=O) groups is 1. The number of nitrogens with zero attached hydrogens (tertiary/aromatic N) is 1. The Morgan fingerprint density at radius 3 is 2.53 bits per heavy atom. The molecule has 0 saturated heterocycles. The fraction of sp³-hybridized carbons (Fsp3) is 0.462. The highest BCUT2D eigenvalue weighted by Crippen LogP contribution is 2.19. The standard InChI is InChI=1S/C13H19FN2O/c1-13(2,3)8-16(4)12(17)10-7-9(14)5-6-11(10)15/h5-7H,8,15H2,1-4H3. The summed E-state index contributed by atoms with van der Waals surface area (Å²) in [6.45, 7) is 6.69. The Morgan fingerprint density at radius 2 is 2.00 bits per heavy atom. The van der Waals surface area contributed by atoms with Crippen molar-refractivity contribution in [3.8, 4) is 0 Å². The highest BCUT2D eigenvalue weighted by Gasteiger charge is 2.20. The van der Waals surface area contributed by atoms with Crippen LogP contribution in [0.3, 0.4) is 0 Å². The highest BCUT2D eigenvalue weighted by molar-refractivity contribution is 5.99. The Kier molecular flexibility index (Phi) is 3.76. The maximum atomic E-state index is 13.1. The average molecular weight is 238 g/mol. The maximum Gasteiger partial charge on any atom is 0.255 e. The molecule has 0 aliphatic rings. The van der Waals surface area contributed by atoms with Crippen LogP contribution in [0.15, 0.2) is 18.2 Å². The van der Waals surface area contributed by atoms with E-state index in [1.807, 2.05) is 20.8 Å². The molecule has 0 aliphatic heterocycles. The molecule has 1 aromatic rings. The van der Waals surface area contributed by atoms with Gasteiger partial charge in [0.25, 0.3) is 5.91 Å². The first-order valence-corrected chi connectivity index (χ1v) is 5.51. The van der Waals surface area contributed by atoms with Gasteiger partial charge in [-0.25, -0.2) is 4.39 Å². The van der Waals surface area contributed by atoms with E-state index in [1.165, 1.54) is 18.2 Å². The fourth-order valence-electron chi connectivity index (χ4n) is 1.70. The summed E-state index contributed by atoms with van der Waals surface area (Å²) < 4.78 is 13.1. The molecule has 0 radical (unpaired) electrons. The summed E-state index contributed by atoms with van der Waals surface area (Å²) in [6.07, 6.45) is 0. The van der Waals surface area contributed by atoms with E-state index in [0.717, 1.165) is 0 Å². The Morgan fingerprint density at radius 1 is 1.41 bits per heavy atom. The summed E-state index contributed by atoms with van der Waals surface area (Å²) in [7, 11) is 1.69. The molecule has 1 aromatic carbocycles. The number of nitrogens with two attached hydrogens (primary N) is 1. The van der Waals surface area contributed by atoms with Crippen LogP contribution in [-0.2, 0) is 0 Å². The van der Waals surface area contributed by atoms with Crippen LogP contribution in [0.25, 0.3) is 0 Å². The van der Waals surface area contributed by atoms with Gasteiger partial charge < -0.3 is 10.6 Å². The number of hydrogen-bond donors (Lipinski definition) is 1. The van der Waals surface area contributed by atoms with Crippen molar-refractivity contribution < 1.29 is 9.18 Å². The van der Waals surface area contributed by atoms with Crippen LogP contribution in [0.4, 0.5) is 10.1 Å². The molecular formula is C13H19FN2O. The minimum absolute atomic E-state index is 0.00744. The molecule has 94 valence electrons. The lowest BCUT2D eigenvalue weighted by atomic mass is 9.96. The van der Waals surface area contributed by atoms with Crippen LogP contribution in [0.2, 0.25) is 0 Å². The number of halogens is 1. The second-order valence-corrected chi connectivity index (χ2v) is 5.45. The lowest BCUT2D eigenvalue weighted by molar-refractivity contribution is 0.0746. The fourth-order valence-corrected chi connectivity index (χ4v) is 1.70. The number of rotatable bonds is 2. The van der Waals surface area contributed by atoms with Crippen molar-refractivity contribution in [1.29, 1.82) is 0 Å². The molecule has 0 aromatic heterocycles. The molecular weight excluding hydrogens is 219 g/mol. The maximum absolute atomic E-state index is 13.1. The molecule has 0 unspecified atom stereocenters. The van der Waals surface area contributed by atoms with Crippen LogP contribution >= 0.6 is 0 Å². The Hall–Kier alpha value is -1.58. The van der Waals surface area contributed by atoms with Crippen LogP contribution in [0.1, 0.15) is 31.1 Å². The Balaban J connectivity index is 2.93.